The van der Waals surface area contributed by atoms with Crippen molar-refractivity contribution in [3.63, 3.8) is 0 Å². The van der Waals surface area contributed by atoms with Crippen LogP contribution >= 0.6 is 22.5 Å². The summed E-state index contributed by atoms with van der Waals surface area (Å²) in [5, 5.41) is 8.66. The highest BCUT2D eigenvalue weighted by Crippen LogP contribution is 2.08. The summed E-state index contributed by atoms with van der Waals surface area (Å²) in [5.41, 5.74) is 0.483. The van der Waals surface area contributed by atoms with Gasteiger partial charge >= 0.3 is 11.9 Å². The van der Waals surface area contributed by atoms with Gasteiger partial charge in [-0.15, -0.1) is 11.7 Å². The fraction of sp³-hybridized carbons (Fsp3) is 0.200. The standard InChI is InChI=1S/C10H10O4S2/c11-9(12)7-1-3-8(4-2-7)10(13)14-5-6-16-15/h1-4,15H,5-6H2,(H,11,12). The molecule has 0 saturated carbocycles. The molecule has 0 amide bonds. The van der Waals surface area contributed by atoms with Gasteiger partial charge in [0.1, 0.15) is 6.61 Å². The molecule has 0 radical (unpaired) electrons. The maximum Gasteiger partial charge on any atom is 0.338 e. The number of carboxylic acids is 1. The van der Waals surface area contributed by atoms with Gasteiger partial charge in [0.2, 0.25) is 0 Å². The minimum absolute atomic E-state index is 0.141. The summed E-state index contributed by atoms with van der Waals surface area (Å²) in [4.78, 5) is 22.0. The highest BCUT2D eigenvalue weighted by Gasteiger charge is 2.08. The summed E-state index contributed by atoms with van der Waals surface area (Å²) in [5.74, 6) is -0.868. The first-order valence-corrected chi connectivity index (χ1v) is 6.46. The van der Waals surface area contributed by atoms with Crippen LogP contribution in [0.3, 0.4) is 0 Å². The molecule has 0 bridgehead atoms. The first kappa shape index (κ1) is 12.9. The summed E-state index contributed by atoms with van der Waals surface area (Å²) in [6.07, 6.45) is 0. The lowest BCUT2D eigenvalue weighted by Crippen LogP contribution is -2.08. The van der Waals surface area contributed by atoms with Gasteiger partial charge in [-0.3, -0.25) is 0 Å². The van der Waals surface area contributed by atoms with Crippen molar-refractivity contribution in [2.45, 2.75) is 0 Å². The lowest BCUT2D eigenvalue weighted by molar-refractivity contribution is 0.0529. The Balaban J connectivity index is 2.59. The quantitative estimate of drug-likeness (QED) is 0.366. The van der Waals surface area contributed by atoms with Gasteiger partial charge in [-0.05, 0) is 24.3 Å². The van der Waals surface area contributed by atoms with E-state index in [0.29, 0.717) is 11.3 Å². The van der Waals surface area contributed by atoms with Gasteiger partial charge in [0, 0.05) is 5.75 Å². The number of carboxylic acid groups (broad SMARTS) is 1. The third-order valence-electron chi connectivity index (χ3n) is 1.78. The SMILES string of the molecule is O=C(O)c1ccc(C(=O)OCCSS)cc1. The molecule has 0 aromatic heterocycles. The van der Waals surface area contributed by atoms with Crippen molar-refractivity contribution >= 4 is 34.4 Å². The number of rotatable bonds is 5. The molecule has 1 aromatic carbocycles. The number of benzene rings is 1. The third kappa shape index (κ3) is 3.79. The van der Waals surface area contributed by atoms with Gasteiger partial charge in [-0.2, -0.15) is 0 Å². The van der Waals surface area contributed by atoms with E-state index < -0.39 is 11.9 Å². The average molecular weight is 258 g/mol. The number of thiol groups is 1. The largest absolute Gasteiger partial charge is 0.478 e. The van der Waals surface area contributed by atoms with E-state index in [-0.39, 0.29) is 12.2 Å². The maximum atomic E-state index is 11.4. The predicted molar refractivity (Wildman–Crippen MR) is 65.1 cm³/mol. The van der Waals surface area contributed by atoms with Gasteiger partial charge in [0.05, 0.1) is 11.1 Å². The summed E-state index contributed by atoms with van der Waals surface area (Å²) >= 11 is 3.91. The van der Waals surface area contributed by atoms with Crippen LogP contribution in [0.2, 0.25) is 0 Å². The molecular formula is C10H10O4S2. The van der Waals surface area contributed by atoms with Crippen molar-refractivity contribution in [3.05, 3.63) is 35.4 Å². The molecule has 16 heavy (non-hydrogen) atoms. The normalized spacial score (nSPS) is 9.81. The Bertz CT molecular complexity index is 375. The number of carbonyl (C=O) groups excluding carboxylic acids is 1. The van der Waals surface area contributed by atoms with E-state index in [1.54, 1.807) is 0 Å². The van der Waals surface area contributed by atoms with Gasteiger partial charge in [-0.1, -0.05) is 10.8 Å². The lowest BCUT2D eigenvalue weighted by atomic mass is 10.1. The van der Waals surface area contributed by atoms with Gasteiger partial charge in [0.15, 0.2) is 0 Å². The van der Waals surface area contributed by atoms with Crippen LogP contribution in [0, 0.1) is 0 Å². The van der Waals surface area contributed by atoms with Crippen molar-refractivity contribution in [1.82, 2.24) is 0 Å². The molecule has 1 aromatic rings. The van der Waals surface area contributed by atoms with Crippen LogP contribution < -0.4 is 0 Å². The lowest BCUT2D eigenvalue weighted by Gasteiger charge is -2.03. The number of aromatic carboxylic acids is 1. The van der Waals surface area contributed by atoms with Crippen molar-refractivity contribution in [2.24, 2.45) is 0 Å². The Morgan fingerprint density at radius 2 is 1.81 bits per heavy atom. The molecule has 0 saturated heterocycles. The predicted octanol–water partition coefficient (Wildman–Crippen LogP) is 2.12. The average Bonchev–Trinajstić information content (AvgIpc) is 2.29. The summed E-state index contributed by atoms with van der Waals surface area (Å²) in [6, 6.07) is 5.60. The van der Waals surface area contributed by atoms with Crippen LogP contribution in [0.25, 0.3) is 0 Å². The van der Waals surface area contributed by atoms with E-state index >= 15 is 0 Å². The fourth-order valence-electron chi connectivity index (χ4n) is 1.00. The Morgan fingerprint density at radius 3 is 2.31 bits per heavy atom. The Labute approximate surface area is 102 Å². The molecule has 86 valence electrons. The van der Waals surface area contributed by atoms with E-state index in [9.17, 15) is 9.59 Å². The molecular weight excluding hydrogens is 248 g/mol. The van der Waals surface area contributed by atoms with Crippen LogP contribution in [-0.2, 0) is 4.74 Å². The molecule has 0 fully saturated rings. The Hall–Kier alpha value is -1.14. The molecule has 0 aliphatic carbocycles. The Morgan fingerprint density at radius 1 is 1.25 bits per heavy atom. The van der Waals surface area contributed by atoms with Crippen LogP contribution in [0.4, 0.5) is 0 Å². The molecule has 0 aliphatic heterocycles. The first-order valence-electron chi connectivity index (χ1n) is 4.42. The minimum atomic E-state index is -1.02. The molecule has 0 unspecified atom stereocenters. The van der Waals surface area contributed by atoms with Crippen molar-refractivity contribution in [3.8, 4) is 0 Å². The smallest absolute Gasteiger partial charge is 0.338 e. The number of esters is 1. The zero-order chi connectivity index (χ0) is 12.0. The van der Waals surface area contributed by atoms with E-state index in [0.717, 1.165) is 0 Å². The third-order valence-corrected chi connectivity index (χ3v) is 2.67. The van der Waals surface area contributed by atoms with Crippen LogP contribution in [0.1, 0.15) is 20.7 Å². The van der Waals surface area contributed by atoms with Crippen molar-refractivity contribution in [1.29, 1.82) is 0 Å². The fourth-order valence-corrected chi connectivity index (χ4v) is 1.39. The maximum absolute atomic E-state index is 11.4. The summed E-state index contributed by atoms with van der Waals surface area (Å²) in [6.45, 7) is 0.285. The molecule has 0 heterocycles. The second kappa shape index (κ2) is 6.44. The van der Waals surface area contributed by atoms with Gasteiger partial charge < -0.3 is 9.84 Å². The number of carbonyl (C=O) groups is 2. The molecule has 0 spiro atoms. The topological polar surface area (TPSA) is 63.6 Å². The number of hydrogen-bond donors (Lipinski definition) is 2. The van der Waals surface area contributed by atoms with Gasteiger partial charge in [0.25, 0.3) is 0 Å². The monoisotopic (exact) mass is 258 g/mol. The minimum Gasteiger partial charge on any atom is -0.478 e. The number of hydrogen-bond acceptors (Lipinski definition) is 5. The van der Waals surface area contributed by atoms with Gasteiger partial charge in [-0.25, -0.2) is 9.59 Å². The molecule has 0 atom stereocenters. The molecule has 1 rings (SSSR count). The van der Waals surface area contributed by atoms with Crippen molar-refractivity contribution < 1.29 is 19.4 Å². The van der Waals surface area contributed by atoms with E-state index in [2.05, 4.69) is 11.7 Å². The van der Waals surface area contributed by atoms with E-state index in [1.165, 1.54) is 35.1 Å². The molecule has 0 aliphatic rings. The van der Waals surface area contributed by atoms with Crippen molar-refractivity contribution in [2.75, 3.05) is 12.4 Å². The molecule has 6 heteroatoms. The van der Waals surface area contributed by atoms with Crippen LogP contribution in [0.15, 0.2) is 24.3 Å². The zero-order valence-corrected chi connectivity index (χ0v) is 9.96. The summed E-state index contributed by atoms with van der Waals surface area (Å²) < 4.78 is 4.91. The number of ether oxygens (including phenoxy) is 1. The highest BCUT2D eigenvalue weighted by atomic mass is 33.1. The van der Waals surface area contributed by atoms with E-state index in [4.69, 9.17) is 9.84 Å². The van der Waals surface area contributed by atoms with E-state index in [1.807, 2.05) is 0 Å². The highest BCUT2D eigenvalue weighted by molar-refractivity contribution is 8.68. The summed E-state index contributed by atoms with van der Waals surface area (Å²) in [7, 11) is 1.28. The molecule has 4 nitrogen and oxygen atoms in total. The second-order valence-electron chi connectivity index (χ2n) is 2.85. The van der Waals surface area contributed by atoms with Crippen LogP contribution in [-0.4, -0.2) is 29.4 Å². The zero-order valence-electron chi connectivity index (χ0n) is 8.25. The second-order valence-corrected chi connectivity index (χ2v) is 4.29. The van der Waals surface area contributed by atoms with Crippen LogP contribution in [0.5, 0.6) is 0 Å². The molecule has 1 N–H and O–H groups in total. The first-order chi connectivity index (χ1) is 7.65. The Kier molecular flexibility index (Phi) is 5.21.